The highest BCUT2D eigenvalue weighted by Gasteiger charge is 2.39. The summed E-state index contributed by atoms with van der Waals surface area (Å²) in [4.78, 5) is 37.8. The van der Waals surface area contributed by atoms with Gasteiger partial charge in [-0.3, -0.25) is 14.4 Å². The summed E-state index contributed by atoms with van der Waals surface area (Å²) in [7, 11) is 0. The van der Waals surface area contributed by atoms with Crippen LogP contribution in [0.2, 0.25) is 0 Å². The number of esters is 1. The van der Waals surface area contributed by atoms with Crippen molar-refractivity contribution in [3.63, 3.8) is 0 Å². The first-order chi connectivity index (χ1) is 18.9. The van der Waals surface area contributed by atoms with E-state index in [4.69, 9.17) is 20.9 Å². The molecule has 1 atom stereocenters. The Bertz CT molecular complexity index is 1360. The van der Waals surface area contributed by atoms with Crippen molar-refractivity contribution in [2.45, 2.75) is 97.6 Å². The maximum Gasteiger partial charge on any atom is 0.323 e. The average Bonchev–Trinajstić information content (AvgIpc) is 3.43. The van der Waals surface area contributed by atoms with Crippen LogP contribution < -0.4 is 16.8 Å². The lowest BCUT2D eigenvalue weighted by atomic mass is 9.75. The first-order valence-corrected chi connectivity index (χ1v) is 14.1. The number of nitrogens with zero attached hydrogens (tertiary/aromatic N) is 1. The molecule has 2 aromatic rings. The van der Waals surface area contributed by atoms with E-state index >= 15 is 4.39 Å². The molecule has 216 valence electrons. The van der Waals surface area contributed by atoms with Gasteiger partial charge < -0.3 is 30.8 Å². The molecule has 1 amide bonds. The predicted octanol–water partition coefficient (Wildman–Crippen LogP) is 4.15. The van der Waals surface area contributed by atoms with Crippen LogP contribution in [-0.4, -0.2) is 40.4 Å². The molecule has 40 heavy (non-hydrogen) atoms. The molecule has 1 aromatic carbocycles. The third kappa shape index (κ3) is 5.26. The number of rotatable bonds is 7. The van der Waals surface area contributed by atoms with Gasteiger partial charge in [-0.15, -0.1) is 0 Å². The van der Waals surface area contributed by atoms with Crippen molar-refractivity contribution >= 4 is 23.3 Å². The number of ketones is 1. The number of nitrogens with one attached hydrogen (secondary N) is 1. The number of benzene rings is 1. The average molecular weight is 555 g/mol. The van der Waals surface area contributed by atoms with Crippen LogP contribution in [0.3, 0.4) is 0 Å². The minimum absolute atomic E-state index is 0.0113. The molecule has 2 aliphatic carbocycles. The molecule has 9 nitrogen and oxygen atoms in total. The van der Waals surface area contributed by atoms with Crippen molar-refractivity contribution in [3.05, 3.63) is 46.0 Å². The highest BCUT2D eigenvalue weighted by molar-refractivity contribution is 6.01. The molecule has 0 unspecified atom stereocenters. The molecule has 3 aliphatic rings. The van der Waals surface area contributed by atoms with Gasteiger partial charge in [0.15, 0.2) is 5.78 Å². The minimum Gasteiger partial charge on any atom is -0.461 e. The Labute approximate surface area is 233 Å². The zero-order chi connectivity index (χ0) is 28.9. The zero-order valence-electron chi connectivity index (χ0n) is 23.6. The van der Waals surface area contributed by atoms with Crippen LogP contribution in [0.15, 0.2) is 12.1 Å². The SMILES string of the molecule is CC(C)[C@H](N)C(=O)O[C@H]1CC[C@H](Nc2cc(-n3c4c(c5c3CC(C)(C)CC5=O)COC4)cc(F)c2C(N)=O)CC1. The van der Waals surface area contributed by atoms with Crippen molar-refractivity contribution in [1.82, 2.24) is 4.57 Å². The summed E-state index contributed by atoms with van der Waals surface area (Å²) in [6, 6.07) is 2.31. The number of carbonyl (C=O) groups excluding carboxylic acids is 3. The number of Topliss-reactive ketones (excluding diaryl/α,β-unsaturated/α-hetero) is 1. The monoisotopic (exact) mass is 554 g/mol. The normalized spacial score (nSPS) is 22.5. The number of nitrogens with two attached hydrogens (primary N) is 2. The van der Waals surface area contributed by atoms with Gasteiger partial charge in [0.2, 0.25) is 0 Å². The van der Waals surface area contributed by atoms with Crippen LogP contribution in [0.4, 0.5) is 10.1 Å². The molecule has 2 heterocycles. The van der Waals surface area contributed by atoms with E-state index in [1.54, 1.807) is 6.07 Å². The van der Waals surface area contributed by atoms with Crippen LogP contribution in [0.25, 0.3) is 5.69 Å². The third-order valence-corrected chi connectivity index (χ3v) is 8.41. The fraction of sp³-hybridized carbons (Fsp3) is 0.567. The molecule has 10 heteroatoms. The Morgan fingerprint density at radius 1 is 1.12 bits per heavy atom. The van der Waals surface area contributed by atoms with E-state index in [-0.39, 0.29) is 34.8 Å². The van der Waals surface area contributed by atoms with Gasteiger partial charge in [-0.05, 0) is 55.6 Å². The quantitative estimate of drug-likeness (QED) is 0.437. The Hall–Kier alpha value is -3.24. The number of halogens is 1. The molecule has 5 rings (SSSR count). The second-order valence-electron chi connectivity index (χ2n) is 12.6. The molecule has 0 saturated heterocycles. The Morgan fingerprint density at radius 3 is 2.48 bits per heavy atom. The minimum atomic E-state index is -0.865. The van der Waals surface area contributed by atoms with E-state index in [2.05, 4.69) is 19.2 Å². The fourth-order valence-electron chi connectivity index (χ4n) is 6.28. The maximum absolute atomic E-state index is 15.5. The number of hydrogen-bond acceptors (Lipinski definition) is 7. The maximum atomic E-state index is 15.5. The zero-order valence-corrected chi connectivity index (χ0v) is 23.6. The summed E-state index contributed by atoms with van der Waals surface area (Å²) < 4.78 is 28.8. The highest BCUT2D eigenvalue weighted by Crippen LogP contribution is 2.43. The number of ether oxygens (including phenoxy) is 2. The van der Waals surface area contributed by atoms with Crippen LogP contribution in [-0.2, 0) is 33.9 Å². The van der Waals surface area contributed by atoms with Crippen LogP contribution in [0.1, 0.15) is 97.5 Å². The molecular weight excluding hydrogens is 515 g/mol. The van der Waals surface area contributed by atoms with Gasteiger partial charge in [0.1, 0.15) is 18.0 Å². The number of anilines is 1. The molecule has 1 aromatic heterocycles. The van der Waals surface area contributed by atoms with Gasteiger partial charge in [-0.25, -0.2) is 4.39 Å². The smallest absolute Gasteiger partial charge is 0.323 e. The van der Waals surface area contributed by atoms with E-state index in [0.29, 0.717) is 68.7 Å². The Balaban J connectivity index is 1.43. The number of carbonyl (C=O) groups is 3. The van der Waals surface area contributed by atoms with Crippen molar-refractivity contribution in [2.75, 3.05) is 5.32 Å². The van der Waals surface area contributed by atoms with E-state index in [9.17, 15) is 14.4 Å². The largest absolute Gasteiger partial charge is 0.461 e. The van der Waals surface area contributed by atoms with Crippen LogP contribution >= 0.6 is 0 Å². The molecular formula is C30H39FN4O5. The first kappa shape index (κ1) is 28.3. The van der Waals surface area contributed by atoms with E-state index in [1.807, 2.05) is 18.4 Å². The lowest BCUT2D eigenvalue weighted by molar-refractivity contribution is -0.153. The number of amides is 1. The number of hydrogen-bond donors (Lipinski definition) is 3. The number of aromatic nitrogens is 1. The molecule has 1 fully saturated rings. The van der Waals surface area contributed by atoms with Crippen molar-refractivity contribution in [1.29, 1.82) is 0 Å². The summed E-state index contributed by atoms with van der Waals surface area (Å²) in [6.45, 7) is 8.53. The van der Waals surface area contributed by atoms with Crippen LogP contribution in [0.5, 0.6) is 0 Å². The highest BCUT2D eigenvalue weighted by atomic mass is 19.1. The Morgan fingerprint density at radius 2 is 1.82 bits per heavy atom. The van der Waals surface area contributed by atoms with Crippen LogP contribution in [0, 0.1) is 17.2 Å². The molecule has 0 radical (unpaired) electrons. The summed E-state index contributed by atoms with van der Waals surface area (Å²) >= 11 is 0. The van der Waals surface area contributed by atoms with Gasteiger partial charge in [0.25, 0.3) is 5.91 Å². The topological polar surface area (TPSA) is 139 Å². The molecule has 1 aliphatic heterocycles. The number of fused-ring (bicyclic) bond motifs is 3. The molecule has 0 spiro atoms. The van der Waals surface area contributed by atoms with E-state index < -0.39 is 23.7 Å². The molecule has 5 N–H and O–H groups in total. The molecule has 1 saturated carbocycles. The lowest BCUT2D eigenvalue weighted by Crippen LogP contribution is -2.40. The fourth-order valence-corrected chi connectivity index (χ4v) is 6.28. The predicted molar refractivity (Wildman–Crippen MR) is 148 cm³/mol. The second-order valence-corrected chi connectivity index (χ2v) is 12.6. The van der Waals surface area contributed by atoms with Gasteiger partial charge >= 0.3 is 5.97 Å². The summed E-state index contributed by atoms with van der Waals surface area (Å²) in [5, 5.41) is 3.34. The van der Waals surface area contributed by atoms with Gasteiger partial charge in [-0.2, -0.15) is 0 Å². The van der Waals surface area contributed by atoms with Gasteiger partial charge in [-0.1, -0.05) is 27.7 Å². The standard InChI is InChI=1S/C30H39FN4O5/c1-15(2)27(32)29(38)40-18-7-5-16(6-8-18)34-21-10-17(9-20(31)26(21)28(33)37)35-22-11-30(3,4)12-24(36)25(22)19-13-39-14-23(19)35/h9-10,15-16,18,27,34H,5-8,11-14,32H2,1-4H3,(H2,33,37)/t16-,18-,27-/m0/s1. The van der Waals surface area contributed by atoms with E-state index in [0.717, 1.165) is 17.0 Å². The van der Waals surface area contributed by atoms with E-state index in [1.165, 1.54) is 6.07 Å². The summed E-state index contributed by atoms with van der Waals surface area (Å²) in [6.07, 6.45) is 3.42. The van der Waals surface area contributed by atoms with Crippen molar-refractivity contribution in [3.8, 4) is 5.69 Å². The van der Waals surface area contributed by atoms with Crippen molar-refractivity contribution < 1.29 is 28.2 Å². The van der Waals surface area contributed by atoms with Gasteiger partial charge in [0, 0.05) is 29.3 Å². The number of primary amides is 1. The lowest BCUT2D eigenvalue weighted by Gasteiger charge is -2.31. The first-order valence-electron chi connectivity index (χ1n) is 14.1. The van der Waals surface area contributed by atoms with Gasteiger partial charge in [0.05, 0.1) is 35.8 Å². The van der Waals surface area contributed by atoms with Crippen molar-refractivity contribution in [2.24, 2.45) is 22.8 Å². The third-order valence-electron chi connectivity index (χ3n) is 8.41. The second kappa shape index (κ2) is 10.6. The molecule has 0 bridgehead atoms. The Kier molecular flexibility index (Phi) is 7.52. The summed E-state index contributed by atoms with van der Waals surface area (Å²) in [5.74, 6) is -1.93. The summed E-state index contributed by atoms with van der Waals surface area (Å²) in [5.41, 5.74) is 15.2.